The summed E-state index contributed by atoms with van der Waals surface area (Å²) in [7, 11) is 0. The van der Waals surface area contributed by atoms with Gasteiger partial charge in [-0.15, -0.1) is 0 Å². The smallest absolute Gasteiger partial charge is 0.174 e. The number of rotatable bonds is 4. The van der Waals surface area contributed by atoms with Crippen molar-refractivity contribution < 1.29 is 4.39 Å². The summed E-state index contributed by atoms with van der Waals surface area (Å²) in [6.07, 6.45) is 1.77. The molecule has 1 fully saturated rings. The first-order valence-corrected chi connectivity index (χ1v) is 12.3. The average Bonchev–Trinajstić information content (AvgIpc) is 3.33. The van der Waals surface area contributed by atoms with Crippen LogP contribution in [0.5, 0.6) is 0 Å². The SMILES string of the molecule is Cc1cc(N2C(=S)N[C@H](c3ccccn3)[C@H]2c2cc(C)n(-c3cccc(Cl)c3Cl)c2C)ccc1F. The first-order valence-electron chi connectivity index (χ1n) is 11.2. The molecule has 35 heavy (non-hydrogen) atoms. The summed E-state index contributed by atoms with van der Waals surface area (Å²) in [5.41, 5.74) is 6.13. The van der Waals surface area contributed by atoms with Gasteiger partial charge in [-0.05, 0) is 92.6 Å². The van der Waals surface area contributed by atoms with Crippen LogP contribution in [0.15, 0.2) is 66.9 Å². The summed E-state index contributed by atoms with van der Waals surface area (Å²) in [6, 6.07) is 18.2. The van der Waals surface area contributed by atoms with Crippen LogP contribution in [0.4, 0.5) is 10.1 Å². The molecule has 0 aliphatic carbocycles. The maximum atomic E-state index is 14.1. The van der Waals surface area contributed by atoms with Gasteiger partial charge in [0.05, 0.1) is 33.5 Å². The quantitative estimate of drug-likeness (QED) is 0.281. The lowest BCUT2D eigenvalue weighted by atomic mass is 9.96. The molecule has 0 unspecified atom stereocenters. The summed E-state index contributed by atoms with van der Waals surface area (Å²) in [4.78, 5) is 6.67. The highest BCUT2D eigenvalue weighted by Crippen LogP contribution is 2.44. The fourth-order valence-corrected chi connectivity index (χ4v) is 5.58. The minimum Gasteiger partial charge on any atom is -0.351 e. The zero-order chi connectivity index (χ0) is 24.9. The lowest BCUT2D eigenvalue weighted by Gasteiger charge is -2.28. The highest BCUT2D eigenvalue weighted by atomic mass is 35.5. The minimum atomic E-state index is -0.251. The Morgan fingerprint density at radius 3 is 2.51 bits per heavy atom. The third-order valence-corrected chi connectivity index (χ3v) is 7.60. The Bertz CT molecular complexity index is 1440. The number of anilines is 1. The minimum absolute atomic E-state index is 0.210. The van der Waals surface area contributed by atoms with Crippen molar-refractivity contribution in [2.24, 2.45) is 0 Å². The number of halogens is 3. The predicted molar refractivity (Wildman–Crippen MR) is 144 cm³/mol. The second-order valence-electron chi connectivity index (χ2n) is 8.66. The molecule has 178 valence electrons. The molecule has 1 N–H and O–H groups in total. The van der Waals surface area contributed by atoms with Gasteiger partial charge in [0.1, 0.15) is 5.82 Å². The van der Waals surface area contributed by atoms with E-state index < -0.39 is 0 Å². The molecule has 8 heteroatoms. The third-order valence-electron chi connectivity index (χ3n) is 6.48. The van der Waals surface area contributed by atoms with Gasteiger partial charge in [0.25, 0.3) is 0 Å². The molecule has 1 aliphatic heterocycles. The number of nitrogens with zero attached hydrogens (tertiary/aromatic N) is 3. The van der Waals surface area contributed by atoms with Gasteiger partial charge in [0.2, 0.25) is 0 Å². The standard InChI is InChI=1S/C27H23Cl2FN4S/c1-15-13-18(10-11-21(15)30)34-26(25(32-27(34)35)22-8-4-5-12-31-22)19-14-16(2)33(17(19)3)23-9-6-7-20(28)24(23)29/h4-14,25-26H,1-3H3,(H,32,35)/t25-,26-/m1/s1. The van der Waals surface area contributed by atoms with Gasteiger partial charge in [-0.3, -0.25) is 4.98 Å². The Balaban J connectivity index is 1.71. The van der Waals surface area contributed by atoms with Crippen LogP contribution in [0.2, 0.25) is 10.0 Å². The first-order chi connectivity index (χ1) is 16.8. The molecule has 0 saturated carbocycles. The van der Waals surface area contributed by atoms with E-state index in [0.717, 1.165) is 34.0 Å². The highest BCUT2D eigenvalue weighted by Gasteiger charge is 2.42. The number of hydrogen-bond acceptors (Lipinski definition) is 2. The van der Waals surface area contributed by atoms with Gasteiger partial charge < -0.3 is 14.8 Å². The summed E-state index contributed by atoms with van der Waals surface area (Å²) in [5.74, 6) is -0.251. The van der Waals surface area contributed by atoms with Crippen LogP contribution in [0.1, 0.15) is 40.3 Å². The number of pyridine rings is 1. The molecule has 1 saturated heterocycles. The fraction of sp³-hybridized carbons (Fsp3) is 0.185. The molecular formula is C27H23Cl2FN4S. The van der Waals surface area contributed by atoms with Gasteiger partial charge in [0.15, 0.2) is 5.11 Å². The van der Waals surface area contributed by atoms with E-state index in [4.69, 9.17) is 35.4 Å². The summed E-state index contributed by atoms with van der Waals surface area (Å²) in [5, 5.41) is 5.01. The van der Waals surface area contributed by atoms with Crippen LogP contribution in [0.3, 0.4) is 0 Å². The van der Waals surface area contributed by atoms with E-state index in [-0.39, 0.29) is 17.9 Å². The van der Waals surface area contributed by atoms with E-state index in [9.17, 15) is 4.39 Å². The number of nitrogens with one attached hydrogen (secondary N) is 1. The van der Waals surface area contributed by atoms with Crippen molar-refractivity contribution in [1.82, 2.24) is 14.9 Å². The molecule has 1 aliphatic rings. The van der Waals surface area contributed by atoms with E-state index in [1.54, 1.807) is 25.3 Å². The summed E-state index contributed by atoms with van der Waals surface area (Å²) < 4.78 is 16.2. The monoisotopic (exact) mass is 524 g/mol. The summed E-state index contributed by atoms with van der Waals surface area (Å²) >= 11 is 18.8. The van der Waals surface area contributed by atoms with Crippen molar-refractivity contribution in [2.75, 3.05) is 4.90 Å². The van der Waals surface area contributed by atoms with Crippen molar-refractivity contribution in [3.63, 3.8) is 0 Å². The Labute approximate surface area is 219 Å². The lowest BCUT2D eigenvalue weighted by molar-refractivity contribution is 0.564. The molecule has 2 aromatic carbocycles. The number of aryl methyl sites for hydroxylation is 2. The van der Waals surface area contributed by atoms with Crippen LogP contribution in [0.25, 0.3) is 5.69 Å². The normalized spacial score (nSPS) is 17.7. The second-order valence-corrected chi connectivity index (χ2v) is 9.84. The van der Waals surface area contributed by atoms with E-state index in [1.807, 2.05) is 48.2 Å². The molecule has 4 nitrogen and oxygen atoms in total. The maximum Gasteiger partial charge on any atom is 0.174 e. The van der Waals surface area contributed by atoms with Gasteiger partial charge in [-0.25, -0.2) is 4.39 Å². The van der Waals surface area contributed by atoms with Crippen LogP contribution in [-0.4, -0.2) is 14.7 Å². The first kappa shape index (κ1) is 23.8. The second kappa shape index (κ2) is 9.26. The fourth-order valence-electron chi connectivity index (χ4n) is 4.85. The topological polar surface area (TPSA) is 33.1 Å². The molecule has 0 spiro atoms. The van der Waals surface area contributed by atoms with Crippen molar-refractivity contribution in [3.8, 4) is 5.69 Å². The predicted octanol–water partition coefficient (Wildman–Crippen LogP) is 7.42. The molecule has 0 bridgehead atoms. The van der Waals surface area contributed by atoms with Crippen molar-refractivity contribution in [3.05, 3.63) is 111 Å². The van der Waals surface area contributed by atoms with Gasteiger partial charge in [-0.2, -0.15) is 0 Å². The van der Waals surface area contributed by atoms with E-state index in [2.05, 4.69) is 27.9 Å². The molecule has 0 radical (unpaired) electrons. The molecule has 3 heterocycles. The van der Waals surface area contributed by atoms with Crippen molar-refractivity contribution in [1.29, 1.82) is 0 Å². The van der Waals surface area contributed by atoms with Crippen molar-refractivity contribution in [2.45, 2.75) is 32.9 Å². The number of thiocarbonyl (C=S) groups is 1. The molecule has 0 amide bonds. The summed E-state index contributed by atoms with van der Waals surface area (Å²) in [6.45, 7) is 5.85. The Morgan fingerprint density at radius 2 is 1.80 bits per heavy atom. The number of hydrogen-bond donors (Lipinski definition) is 1. The zero-order valence-electron chi connectivity index (χ0n) is 19.4. The molecular weight excluding hydrogens is 502 g/mol. The Hall–Kier alpha value is -2.93. The lowest BCUT2D eigenvalue weighted by Crippen LogP contribution is -2.29. The van der Waals surface area contributed by atoms with Crippen LogP contribution in [0, 0.1) is 26.6 Å². The van der Waals surface area contributed by atoms with E-state index in [1.165, 1.54) is 6.07 Å². The van der Waals surface area contributed by atoms with Crippen molar-refractivity contribution >= 4 is 46.2 Å². The van der Waals surface area contributed by atoms with Crippen LogP contribution < -0.4 is 10.2 Å². The molecule has 4 aromatic rings. The largest absolute Gasteiger partial charge is 0.351 e. The van der Waals surface area contributed by atoms with Crippen LogP contribution >= 0.6 is 35.4 Å². The maximum absolute atomic E-state index is 14.1. The number of benzene rings is 2. The third kappa shape index (κ3) is 4.10. The molecule has 2 atom stereocenters. The van der Waals surface area contributed by atoms with E-state index in [0.29, 0.717) is 20.7 Å². The highest BCUT2D eigenvalue weighted by molar-refractivity contribution is 7.80. The van der Waals surface area contributed by atoms with Crippen LogP contribution in [-0.2, 0) is 0 Å². The Morgan fingerprint density at radius 1 is 1.00 bits per heavy atom. The zero-order valence-corrected chi connectivity index (χ0v) is 21.7. The van der Waals surface area contributed by atoms with Gasteiger partial charge in [0, 0.05) is 23.3 Å². The van der Waals surface area contributed by atoms with Gasteiger partial charge in [-0.1, -0.05) is 35.3 Å². The Kier molecular flexibility index (Phi) is 6.30. The average molecular weight is 525 g/mol. The molecule has 2 aromatic heterocycles. The number of aromatic nitrogens is 2. The molecule has 5 rings (SSSR count). The van der Waals surface area contributed by atoms with E-state index >= 15 is 0 Å². The van der Waals surface area contributed by atoms with Gasteiger partial charge >= 0.3 is 0 Å².